The molecule has 5 heteroatoms. The normalized spacial score (nSPS) is 17.9. The van der Waals surface area contributed by atoms with Crippen molar-refractivity contribution < 1.29 is 0 Å². The van der Waals surface area contributed by atoms with Gasteiger partial charge in [0.1, 0.15) is 11.6 Å². The molecule has 2 rings (SSSR count). The Morgan fingerprint density at radius 2 is 2.38 bits per heavy atom. The molecule has 1 fully saturated rings. The fraction of sp³-hybridized carbons (Fsp3) is 0.636. The predicted octanol–water partition coefficient (Wildman–Crippen LogP) is 1.78. The van der Waals surface area contributed by atoms with E-state index in [1.807, 2.05) is 11.8 Å². The summed E-state index contributed by atoms with van der Waals surface area (Å²) in [5.41, 5.74) is -0.0955. The van der Waals surface area contributed by atoms with E-state index in [2.05, 4.69) is 21.5 Å². The van der Waals surface area contributed by atoms with Crippen molar-refractivity contribution >= 4 is 17.6 Å². The number of aromatic nitrogens is 2. The molecular formula is C11H17N3OS. The standard InChI is InChI=1S/C11H17N3OS/c1-8-13-9(6-10(15)14-8)12-7-11(16-2)4-3-5-11/h6H,3-5,7H2,1-2H3,(H2,12,13,14,15). The van der Waals surface area contributed by atoms with Gasteiger partial charge in [-0.15, -0.1) is 0 Å². The second kappa shape index (κ2) is 4.49. The van der Waals surface area contributed by atoms with Crippen molar-refractivity contribution in [3.05, 3.63) is 22.2 Å². The van der Waals surface area contributed by atoms with Gasteiger partial charge in [0.15, 0.2) is 0 Å². The van der Waals surface area contributed by atoms with Gasteiger partial charge in [0.2, 0.25) is 0 Å². The van der Waals surface area contributed by atoms with Gasteiger partial charge in [-0.2, -0.15) is 11.8 Å². The molecular weight excluding hydrogens is 222 g/mol. The van der Waals surface area contributed by atoms with Crippen molar-refractivity contribution in [3.63, 3.8) is 0 Å². The molecule has 0 radical (unpaired) electrons. The Labute approximate surface area is 99.3 Å². The molecule has 0 aromatic carbocycles. The molecule has 0 amide bonds. The molecule has 1 aliphatic rings. The van der Waals surface area contributed by atoms with Gasteiger partial charge in [-0.05, 0) is 26.0 Å². The van der Waals surface area contributed by atoms with Crippen LogP contribution in [0.3, 0.4) is 0 Å². The van der Waals surface area contributed by atoms with E-state index in [9.17, 15) is 4.79 Å². The minimum atomic E-state index is -0.0955. The fourth-order valence-electron chi connectivity index (χ4n) is 1.95. The predicted molar refractivity (Wildman–Crippen MR) is 68.2 cm³/mol. The number of anilines is 1. The summed E-state index contributed by atoms with van der Waals surface area (Å²) in [6, 6.07) is 1.51. The number of hydrogen-bond acceptors (Lipinski definition) is 4. The van der Waals surface area contributed by atoms with Crippen LogP contribution in [0.15, 0.2) is 10.9 Å². The highest BCUT2D eigenvalue weighted by atomic mass is 32.2. The van der Waals surface area contributed by atoms with E-state index in [0.717, 1.165) is 6.54 Å². The smallest absolute Gasteiger partial charge is 0.252 e. The van der Waals surface area contributed by atoms with Crippen molar-refractivity contribution in [2.24, 2.45) is 0 Å². The summed E-state index contributed by atoms with van der Waals surface area (Å²) in [7, 11) is 0. The van der Waals surface area contributed by atoms with Crippen LogP contribution in [0.4, 0.5) is 5.82 Å². The highest BCUT2D eigenvalue weighted by Gasteiger charge is 2.35. The molecule has 4 nitrogen and oxygen atoms in total. The van der Waals surface area contributed by atoms with E-state index in [4.69, 9.17) is 0 Å². The van der Waals surface area contributed by atoms with Crippen molar-refractivity contribution in [1.82, 2.24) is 9.97 Å². The molecule has 0 aliphatic heterocycles. The van der Waals surface area contributed by atoms with Crippen LogP contribution >= 0.6 is 11.8 Å². The second-order valence-electron chi connectivity index (χ2n) is 4.31. The lowest BCUT2D eigenvalue weighted by atomic mass is 9.84. The topological polar surface area (TPSA) is 57.8 Å². The SMILES string of the molecule is CSC1(CNc2cc(=O)[nH]c(C)n2)CCC1. The highest BCUT2D eigenvalue weighted by Crippen LogP contribution is 2.42. The second-order valence-corrected chi connectivity index (χ2v) is 5.58. The third-order valence-corrected chi connectivity index (χ3v) is 4.57. The van der Waals surface area contributed by atoms with E-state index < -0.39 is 0 Å². The zero-order chi connectivity index (χ0) is 11.6. The third-order valence-electron chi connectivity index (χ3n) is 3.15. The molecule has 1 aliphatic carbocycles. The minimum absolute atomic E-state index is 0.0955. The van der Waals surface area contributed by atoms with Crippen LogP contribution in [0.1, 0.15) is 25.1 Å². The van der Waals surface area contributed by atoms with Gasteiger partial charge in [0.25, 0.3) is 5.56 Å². The number of H-pyrrole nitrogens is 1. The molecule has 0 bridgehead atoms. The quantitative estimate of drug-likeness (QED) is 0.841. The number of aromatic amines is 1. The van der Waals surface area contributed by atoms with Gasteiger partial charge in [0, 0.05) is 17.4 Å². The van der Waals surface area contributed by atoms with Crippen LogP contribution in [0, 0.1) is 6.92 Å². The van der Waals surface area contributed by atoms with Crippen LogP contribution in [0.2, 0.25) is 0 Å². The maximum Gasteiger partial charge on any atom is 0.252 e. The maximum atomic E-state index is 11.2. The zero-order valence-corrected chi connectivity index (χ0v) is 10.5. The van der Waals surface area contributed by atoms with Gasteiger partial charge < -0.3 is 10.3 Å². The first-order chi connectivity index (χ1) is 7.63. The lowest BCUT2D eigenvalue weighted by Crippen LogP contribution is -2.40. The third kappa shape index (κ3) is 2.40. The van der Waals surface area contributed by atoms with Crippen molar-refractivity contribution in [1.29, 1.82) is 0 Å². The van der Waals surface area contributed by atoms with E-state index >= 15 is 0 Å². The van der Waals surface area contributed by atoms with Crippen LogP contribution in [-0.2, 0) is 0 Å². The van der Waals surface area contributed by atoms with E-state index in [1.54, 1.807) is 6.92 Å². The van der Waals surface area contributed by atoms with Crippen LogP contribution in [0.25, 0.3) is 0 Å². The summed E-state index contributed by atoms with van der Waals surface area (Å²) in [4.78, 5) is 18.1. The number of nitrogens with one attached hydrogen (secondary N) is 2. The van der Waals surface area contributed by atoms with Crippen molar-refractivity contribution in [3.8, 4) is 0 Å². The average Bonchev–Trinajstić information content (AvgIpc) is 2.15. The van der Waals surface area contributed by atoms with Gasteiger partial charge >= 0.3 is 0 Å². The molecule has 2 N–H and O–H groups in total. The Morgan fingerprint density at radius 1 is 1.62 bits per heavy atom. The molecule has 16 heavy (non-hydrogen) atoms. The molecule has 0 atom stereocenters. The van der Waals surface area contributed by atoms with Crippen LogP contribution in [0.5, 0.6) is 0 Å². The first-order valence-corrected chi connectivity index (χ1v) is 6.73. The molecule has 1 saturated carbocycles. The average molecular weight is 239 g/mol. The number of hydrogen-bond donors (Lipinski definition) is 2. The summed E-state index contributed by atoms with van der Waals surface area (Å²) in [6.07, 6.45) is 5.97. The number of nitrogens with zero attached hydrogens (tertiary/aromatic N) is 1. The van der Waals surface area contributed by atoms with E-state index in [0.29, 0.717) is 16.4 Å². The Kier molecular flexibility index (Phi) is 3.23. The summed E-state index contributed by atoms with van der Waals surface area (Å²) in [5, 5.41) is 3.27. The molecule has 1 aromatic heterocycles. The molecule has 88 valence electrons. The van der Waals surface area contributed by atoms with Gasteiger partial charge in [0.05, 0.1) is 0 Å². The lowest BCUT2D eigenvalue weighted by Gasteiger charge is -2.40. The number of thioether (sulfide) groups is 1. The molecule has 1 aromatic rings. The molecule has 1 heterocycles. The monoisotopic (exact) mass is 239 g/mol. The minimum Gasteiger partial charge on any atom is -0.368 e. The van der Waals surface area contributed by atoms with Crippen molar-refractivity contribution in [2.45, 2.75) is 30.9 Å². The largest absolute Gasteiger partial charge is 0.368 e. The zero-order valence-electron chi connectivity index (χ0n) is 9.67. The summed E-state index contributed by atoms with van der Waals surface area (Å²) in [5.74, 6) is 1.34. The van der Waals surface area contributed by atoms with E-state index in [1.165, 1.54) is 25.3 Å². The maximum absolute atomic E-state index is 11.2. The van der Waals surface area contributed by atoms with Crippen molar-refractivity contribution in [2.75, 3.05) is 18.1 Å². The summed E-state index contributed by atoms with van der Waals surface area (Å²) >= 11 is 1.91. The first-order valence-electron chi connectivity index (χ1n) is 5.51. The van der Waals surface area contributed by atoms with Gasteiger partial charge in [-0.25, -0.2) is 4.98 Å². The van der Waals surface area contributed by atoms with Crippen LogP contribution < -0.4 is 10.9 Å². The Bertz CT molecular complexity index is 420. The molecule has 0 spiro atoms. The lowest BCUT2D eigenvalue weighted by molar-refractivity contribution is 0.379. The number of aryl methyl sites for hydroxylation is 1. The first kappa shape index (κ1) is 11.5. The van der Waals surface area contributed by atoms with Gasteiger partial charge in [-0.3, -0.25) is 4.79 Å². The van der Waals surface area contributed by atoms with E-state index in [-0.39, 0.29) is 5.56 Å². The molecule has 0 unspecified atom stereocenters. The van der Waals surface area contributed by atoms with Crippen LogP contribution in [-0.4, -0.2) is 27.5 Å². The Balaban J connectivity index is 2.01. The van der Waals surface area contributed by atoms with Gasteiger partial charge in [-0.1, -0.05) is 6.42 Å². The molecule has 0 saturated heterocycles. The Morgan fingerprint density at radius 3 is 2.88 bits per heavy atom. The summed E-state index contributed by atoms with van der Waals surface area (Å²) in [6.45, 7) is 2.68. The fourth-order valence-corrected chi connectivity index (χ4v) is 2.86. The highest BCUT2D eigenvalue weighted by molar-refractivity contribution is 8.00. The summed E-state index contributed by atoms with van der Waals surface area (Å²) < 4.78 is 0.359. The Hall–Kier alpha value is -0.970. The number of rotatable bonds is 4.